The summed E-state index contributed by atoms with van der Waals surface area (Å²) in [5.41, 5.74) is 0.680. The van der Waals surface area contributed by atoms with Gasteiger partial charge in [0.15, 0.2) is 0 Å². The Labute approximate surface area is 84.8 Å². The lowest BCUT2D eigenvalue weighted by Crippen LogP contribution is -2.05. The molecule has 14 heavy (non-hydrogen) atoms. The number of hydrogen-bond donors (Lipinski definition) is 1. The fourth-order valence-corrected chi connectivity index (χ4v) is 1.46. The molecule has 1 N–H and O–H groups in total. The van der Waals surface area contributed by atoms with Crippen molar-refractivity contribution in [3.63, 3.8) is 0 Å². The zero-order chi connectivity index (χ0) is 10.8. The van der Waals surface area contributed by atoms with Crippen LogP contribution in [-0.4, -0.2) is 6.26 Å². The molecule has 78 valence electrons. The predicted molar refractivity (Wildman–Crippen MR) is 53.3 cm³/mol. The molecule has 1 rings (SSSR count). The van der Waals surface area contributed by atoms with E-state index in [-0.39, 0.29) is 0 Å². The van der Waals surface area contributed by atoms with Crippen LogP contribution in [0.5, 0.6) is 0 Å². The number of nitrogens with one attached hydrogen (secondary N) is 1. The van der Waals surface area contributed by atoms with Crippen molar-refractivity contribution in [2.75, 3.05) is 11.0 Å². The molecule has 0 atom stereocenters. The monoisotopic (exact) mass is 221 g/mol. The fourth-order valence-electron chi connectivity index (χ4n) is 1.02. The van der Waals surface area contributed by atoms with Crippen molar-refractivity contribution >= 4 is 17.6 Å². The van der Waals surface area contributed by atoms with Gasteiger partial charge < -0.3 is 4.72 Å². The third kappa shape index (κ3) is 2.57. The molecule has 0 aliphatic rings. The maximum absolute atomic E-state index is 12.3. The van der Waals surface area contributed by atoms with E-state index in [4.69, 9.17) is 0 Å². The minimum absolute atomic E-state index is 0.507. The zero-order valence-electron chi connectivity index (χ0n) is 7.77. The minimum Gasteiger partial charge on any atom is -0.330 e. The van der Waals surface area contributed by atoms with E-state index in [1.165, 1.54) is 18.0 Å². The van der Waals surface area contributed by atoms with E-state index >= 15 is 0 Å². The molecular formula is C9H10F3NS. The Hall–Kier alpha value is -0.840. The normalized spacial score (nSPS) is 11.5. The van der Waals surface area contributed by atoms with E-state index in [9.17, 15) is 13.2 Å². The second kappa shape index (κ2) is 4.13. The summed E-state index contributed by atoms with van der Waals surface area (Å²) >= 11 is 1.27. The van der Waals surface area contributed by atoms with Gasteiger partial charge in [0.25, 0.3) is 0 Å². The lowest BCUT2D eigenvalue weighted by molar-refractivity contribution is -0.137. The summed E-state index contributed by atoms with van der Waals surface area (Å²) in [6.45, 7) is 1.76. The summed E-state index contributed by atoms with van der Waals surface area (Å²) in [6, 6.07) is 3.66. The van der Waals surface area contributed by atoms with Gasteiger partial charge in [0.2, 0.25) is 0 Å². The molecule has 0 unspecified atom stereocenters. The van der Waals surface area contributed by atoms with Crippen LogP contribution in [0.4, 0.5) is 18.9 Å². The van der Waals surface area contributed by atoms with Crippen LogP contribution in [0.1, 0.15) is 11.1 Å². The van der Waals surface area contributed by atoms with E-state index in [2.05, 4.69) is 4.72 Å². The third-order valence-corrected chi connectivity index (χ3v) is 2.20. The Kier molecular flexibility index (Phi) is 3.31. The molecule has 0 saturated carbocycles. The van der Waals surface area contributed by atoms with Gasteiger partial charge in [-0.2, -0.15) is 13.2 Å². The standard InChI is InChI=1S/C9H10F3NS/c1-6-3-4-7(9(10,11)12)5-8(6)13-14-2/h3-5,13H,1-2H3. The van der Waals surface area contributed by atoms with Gasteiger partial charge in [-0.05, 0) is 24.6 Å². The van der Waals surface area contributed by atoms with Crippen LogP contribution < -0.4 is 4.72 Å². The van der Waals surface area contributed by atoms with Crippen molar-refractivity contribution in [2.24, 2.45) is 0 Å². The van der Waals surface area contributed by atoms with E-state index < -0.39 is 11.7 Å². The highest BCUT2D eigenvalue weighted by Gasteiger charge is 2.30. The number of halogens is 3. The molecule has 0 aromatic heterocycles. The number of rotatable bonds is 2. The quantitative estimate of drug-likeness (QED) is 0.764. The van der Waals surface area contributed by atoms with Crippen LogP contribution >= 0.6 is 11.9 Å². The Morgan fingerprint density at radius 2 is 1.93 bits per heavy atom. The van der Waals surface area contributed by atoms with Crippen molar-refractivity contribution < 1.29 is 13.2 Å². The van der Waals surface area contributed by atoms with Crippen molar-refractivity contribution in [1.82, 2.24) is 0 Å². The number of anilines is 1. The SMILES string of the molecule is CSNc1cc(C(F)(F)F)ccc1C. The highest BCUT2D eigenvalue weighted by atomic mass is 32.2. The molecule has 0 amide bonds. The summed E-state index contributed by atoms with van der Waals surface area (Å²) in [7, 11) is 0. The van der Waals surface area contributed by atoms with E-state index in [1.807, 2.05) is 0 Å². The molecule has 1 nitrogen and oxygen atoms in total. The first-order chi connectivity index (χ1) is 6.45. The summed E-state index contributed by atoms with van der Waals surface area (Å²) in [4.78, 5) is 0. The van der Waals surface area contributed by atoms with Gasteiger partial charge in [-0.1, -0.05) is 18.0 Å². The molecule has 0 aliphatic heterocycles. The van der Waals surface area contributed by atoms with Crippen LogP contribution in [-0.2, 0) is 6.18 Å². The van der Waals surface area contributed by atoms with Gasteiger partial charge in [0.1, 0.15) is 0 Å². The van der Waals surface area contributed by atoms with Crippen LogP contribution in [0.3, 0.4) is 0 Å². The summed E-state index contributed by atoms with van der Waals surface area (Å²) in [5, 5.41) is 0. The van der Waals surface area contributed by atoms with Gasteiger partial charge in [0, 0.05) is 11.9 Å². The molecule has 0 heterocycles. The largest absolute Gasteiger partial charge is 0.416 e. The lowest BCUT2D eigenvalue weighted by Gasteiger charge is -2.11. The highest BCUT2D eigenvalue weighted by molar-refractivity contribution is 7.99. The maximum Gasteiger partial charge on any atom is 0.416 e. The first-order valence-electron chi connectivity index (χ1n) is 3.92. The van der Waals surface area contributed by atoms with E-state index in [0.717, 1.165) is 17.7 Å². The number of aryl methyl sites for hydroxylation is 1. The molecule has 1 aromatic rings. The smallest absolute Gasteiger partial charge is 0.330 e. The average Bonchev–Trinajstić information content (AvgIpc) is 2.07. The summed E-state index contributed by atoms with van der Waals surface area (Å²) in [6.07, 6.45) is -2.51. The zero-order valence-corrected chi connectivity index (χ0v) is 8.59. The summed E-state index contributed by atoms with van der Waals surface area (Å²) in [5.74, 6) is 0. The topological polar surface area (TPSA) is 12.0 Å². The van der Waals surface area contributed by atoms with E-state index in [1.54, 1.807) is 13.2 Å². The number of benzene rings is 1. The summed E-state index contributed by atoms with van der Waals surface area (Å²) < 4.78 is 39.7. The molecule has 0 fully saturated rings. The second-order valence-electron chi connectivity index (χ2n) is 2.83. The average molecular weight is 221 g/mol. The van der Waals surface area contributed by atoms with Crippen molar-refractivity contribution in [1.29, 1.82) is 0 Å². The Morgan fingerprint density at radius 3 is 2.43 bits per heavy atom. The molecule has 0 aliphatic carbocycles. The van der Waals surface area contributed by atoms with Gasteiger partial charge in [-0.3, -0.25) is 0 Å². The van der Waals surface area contributed by atoms with E-state index in [0.29, 0.717) is 5.69 Å². The molecule has 0 spiro atoms. The number of hydrogen-bond acceptors (Lipinski definition) is 2. The van der Waals surface area contributed by atoms with Crippen molar-refractivity contribution in [3.05, 3.63) is 29.3 Å². The lowest BCUT2D eigenvalue weighted by atomic mass is 10.1. The molecule has 5 heteroatoms. The Balaban J connectivity index is 3.06. The molecule has 0 bridgehead atoms. The van der Waals surface area contributed by atoms with Gasteiger partial charge in [-0.25, -0.2) is 0 Å². The maximum atomic E-state index is 12.3. The van der Waals surface area contributed by atoms with Gasteiger partial charge >= 0.3 is 6.18 Å². The fraction of sp³-hybridized carbons (Fsp3) is 0.333. The van der Waals surface area contributed by atoms with Gasteiger partial charge in [0.05, 0.1) is 5.56 Å². The Morgan fingerprint density at radius 1 is 1.29 bits per heavy atom. The molecular weight excluding hydrogens is 211 g/mol. The first kappa shape index (κ1) is 11.2. The molecule has 0 saturated heterocycles. The van der Waals surface area contributed by atoms with Crippen molar-refractivity contribution in [2.45, 2.75) is 13.1 Å². The van der Waals surface area contributed by atoms with Gasteiger partial charge in [-0.15, -0.1) is 0 Å². The molecule has 1 aromatic carbocycles. The minimum atomic E-state index is -4.28. The second-order valence-corrected chi connectivity index (χ2v) is 3.45. The first-order valence-corrected chi connectivity index (χ1v) is 5.14. The Bertz CT molecular complexity index is 322. The van der Waals surface area contributed by atoms with Crippen LogP contribution in [0.15, 0.2) is 18.2 Å². The molecule has 0 radical (unpaired) electrons. The van der Waals surface area contributed by atoms with Crippen LogP contribution in [0.25, 0.3) is 0 Å². The predicted octanol–water partition coefficient (Wildman–Crippen LogP) is 3.70. The highest BCUT2D eigenvalue weighted by Crippen LogP contribution is 2.32. The van der Waals surface area contributed by atoms with Crippen molar-refractivity contribution in [3.8, 4) is 0 Å². The van der Waals surface area contributed by atoms with Crippen LogP contribution in [0, 0.1) is 6.92 Å². The third-order valence-electron chi connectivity index (χ3n) is 1.78. The van der Waals surface area contributed by atoms with Crippen LogP contribution in [0.2, 0.25) is 0 Å². The number of alkyl halides is 3.